The Kier molecular flexibility index (Phi) is 2.11. The van der Waals surface area contributed by atoms with Crippen LogP contribution >= 0.6 is 0 Å². The lowest BCUT2D eigenvalue weighted by Crippen LogP contribution is -2.46. The number of carbonyl (C=O) groups excluding carboxylic acids is 1. The summed E-state index contributed by atoms with van der Waals surface area (Å²) in [5.74, 6) is 0. The van der Waals surface area contributed by atoms with Gasteiger partial charge < -0.3 is 9.80 Å². The Morgan fingerprint density at radius 2 is 1.70 bits per heavy atom. The first-order chi connectivity index (χ1) is 4.70. The van der Waals surface area contributed by atoms with Crippen molar-refractivity contribution in [3.05, 3.63) is 0 Å². The third kappa shape index (κ3) is 1.60. The van der Waals surface area contributed by atoms with Crippen molar-refractivity contribution in [2.75, 3.05) is 33.2 Å². The first-order valence-electron chi connectivity index (χ1n) is 3.34. The highest BCUT2D eigenvalue weighted by molar-refractivity contribution is 5.64. The van der Waals surface area contributed by atoms with Gasteiger partial charge >= 0.3 is 6.09 Å². The average molecular weight is 143 g/mol. The van der Waals surface area contributed by atoms with Gasteiger partial charge in [-0.1, -0.05) is 0 Å². The molecule has 0 spiro atoms. The summed E-state index contributed by atoms with van der Waals surface area (Å²) < 4.78 is 0. The van der Waals surface area contributed by atoms with E-state index < -0.39 is 6.09 Å². The molecule has 10 heavy (non-hydrogen) atoms. The maximum atomic E-state index is 10.3. The number of carbonyl (C=O) groups is 1. The summed E-state index contributed by atoms with van der Waals surface area (Å²) in [7, 11) is 1.98. The van der Waals surface area contributed by atoms with Gasteiger partial charge in [-0.15, -0.1) is 0 Å². The van der Waals surface area contributed by atoms with Crippen LogP contribution in [-0.2, 0) is 5.11 Å². The topological polar surface area (TPSA) is 43.5 Å². The van der Waals surface area contributed by atoms with Crippen LogP contribution in [0.25, 0.3) is 0 Å². The summed E-state index contributed by atoms with van der Waals surface area (Å²) in [6.45, 7) is 2.79. The van der Waals surface area contributed by atoms with E-state index in [2.05, 4.69) is 4.90 Å². The molecule has 1 aliphatic rings. The fraction of sp³-hybridized carbons (Fsp3) is 0.833. The molecular formula is C6H11N2O2. The standard InChI is InChI=1S/C6H11N2O2/c1-7-2-4-8(5-3-7)6(9)10/h2-5H2,1H3. The lowest BCUT2D eigenvalue weighted by Gasteiger charge is -2.29. The molecule has 0 unspecified atom stereocenters. The molecular weight excluding hydrogens is 132 g/mol. The number of likely N-dealkylation sites (N-methyl/N-ethyl adjacent to an activating group) is 1. The molecule has 1 amide bonds. The van der Waals surface area contributed by atoms with Crippen molar-refractivity contribution >= 4 is 6.09 Å². The highest BCUT2D eigenvalue weighted by atomic mass is 16.4. The molecule has 57 valence electrons. The summed E-state index contributed by atoms with van der Waals surface area (Å²) in [5, 5.41) is 10.3. The molecule has 0 bridgehead atoms. The van der Waals surface area contributed by atoms with E-state index in [9.17, 15) is 9.90 Å². The third-order valence-corrected chi connectivity index (χ3v) is 1.76. The van der Waals surface area contributed by atoms with E-state index in [0.29, 0.717) is 13.1 Å². The van der Waals surface area contributed by atoms with Crippen molar-refractivity contribution in [1.82, 2.24) is 9.80 Å². The maximum Gasteiger partial charge on any atom is 0.453 e. The predicted molar refractivity (Wildman–Crippen MR) is 35.2 cm³/mol. The fourth-order valence-corrected chi connectivity index (χ4v) is 0.989. The molecule has 1 aliphatic heterocycles. The van der Waals surface area contributed by atoms with Crippen LogP contribution in [-0.4, -0.2) is 49.1 Å². The molecule has 1 saturated heterocycles. The fourth-order valence-electron chi connectivity index (χ4n) is 0.989. The molecule has 0 aromatic rings. The molecule has 1 rings (SSSR count). The Balaban J connectivity index is 2.33. The molecule has 1 fully saturated rings. The van der Waals surface area contributed by atoms with Crippen molar-refractivity contribution in [1.29, 1.82) is 0 Å². The van der Waals surface area contributed by atoms with Crippen LogP contribution in [0.15, 0.2) is 0 Å². The quantitative estimate of drug-likeness (QED) is 0.470. The second-order valence-electron chi connectivity index (χ2n) is 2.56. The second kappa shape index (κ2) is 2.88. The average Bonchev–Trinajstić information content (AvgIpc) is 1.88. The highest BCUT2D eigenvalue weighted by Gasteiger charge is 2.18. The van der Waals surface area contributed by atoms with Crippen LogP contribution in [0.4, 0.5) is 4.79 Å². The Morgan fingerprint density at radius 1 is 1.20 bits per heavy atom. The van der Waals surface area contributed by atoms with Crippen LogP contribution < -0.4 is 0 Å². The van der Waals surface area contributed by atoms with Crippen LogP contribution in [0.1, 0.15) is 0 Å². The van der Waals surface area contributed by atoms with Crippen molar-refractivity contribution < 1.29 is 9.90 Å². The molecule has 1 radical (unpaired) electrons. The zero-order valence-electron chi connectivity index (χ0n) is 6.04. The van der Waals surface area contributed by atoms with Crippen molar-refractivity contribution in [3.8, 4) is 0 Å². The lowest BCUT2D eigenvalue weighted by molar-refractivity contribution is 0.0946. The van der Waals surface area contributed by atoms with E-state index in [0.717, 1.165) is 13.1 Å². The van der Waals surface area contributed by atoms with E-state index >= 15 is 0 Å². The zero-order valence-corrected chi connectivity index (χ0v) is 6.04. The summed E-state index contributed by atoms with van der Waals surface area (Å²) in [6, 6.07) is 0. The van der Waals surface area contributed by atoms with Gasteiger partial charge in [-0.3, -0.25) is 0 Å². The first kappa shape index (κ1) is 7.34. The smallest absolute Gasteiger partial charge is 0.303 e. The van der Waals surface area contributed by atoms with Gasteiger partial charge in [-0.05, 0) is 7.05 Å². The van der Waals surface area contributed by atoms with Crippen molar-refractivity contribution in [2.24, 2.45) is 0 Å². The number of hydrogen-bond acceptors (Lipinski definition) is 2. The molecule has 0 aromatic heterocycles. The van der Waals surface area contributed by atoms with Crippen molar-refractivity contribution in [2.45, 2.75) is 0 Å². The molecule has 0 aliphatic carbocycles. The van der Waals surface area contributed by atoms with E-state index in [1.165, 1.54) is 4.90 Å². The van der Waals surface area contributed by atoms with Gasteiger partial charge in [-0.25, -0.2) is 9.90 Å². The highest BCUT2D eigenvalue weighted by Crippen LogP contribution is 1.98. The lowest BCUT2D eigenvalue weighted by atomic mass is 10.3. The van der Waals surface area contributed by atoms with Gasteiger partial charge in [0.25, 0.3) is 0 Å². The molecule has 1 heterocycles. The molecule has 0 aromatic carbocycles. The summed E-state index contributed by atoms with van der Waals surface area (Å²) >= 11 is 0. The summed E-state index contributed by atoms with van der Waals surface area (Å²) in [5.41, 5.74) is 0. The molecule has 4 nitrogen and oxygen atoms in total. The Labute approximate surface area is 60.0 Å². The van der Waals surface area contributed by atoms with Crippen molar-refractivity contribution in [3.63, 3.8) is 0 Å². The van der Waals surface area contributed by atoms with E-state index in [1.54, 1.807) is 0 Å². The minimum Gasteiger partial charge on any atom is -0.303 e. The summed E-state index contributed by atoms with van der Waals surface area (Å²) in [4.78, 5) is 13.7. The van der Waals surface area contributed by atoms with Crippen LogP contribution in [0.2, 0.25) is 0 Å². The minimum absolute atomic E-state index is 0.582. The van der Waals surface area contributed by atoms with E-state index in [1.807, 2.05) is 7.05 Å². The molecule has 0 saturated carbocycles. The van der Waals surface area contributed by atoms with Gasteiger partial charge in [0.15, 0.2) is 0 Å². The number of piperazine rings is 1. The second-order valence-corrected chi connectivity index (χ2v) is 2.56. The zero-order chi connectivity index (χ0) is 7.56. The summed E-state index contributed by atoms with van der Waals surface area (Å²) in [6.07, 6.45) is -1.05. The van der Waals surface area contributed by atoms with Gasteiger partial charge in [-0.2, -0.15) is 0 Å². The largest absolute Gasteiger partial charge is 0.453 e. The van der Waals surface area contributed by atoms with Gasteiger partial charge in [0.05, 0.1) is 0 Å². The van der Waals surface area contributed by atoms with Gasteiger partial charge in [0.2, 0.25) is 0 Å². The SMILES string of the molecule is CN1CCN(C([O])=O)CC1. The number of amides is 1. The normalized spacial score (nSPS) is 21.1. The van der Waals surface area contributed by atoms with Gasteiger partial charge in [0, 0.05) is 26.2 Å². The monoisotopic (exact) mass is 143 g/mol. The number of nitrogens with zero attached hydrogens (tertiary/aromatic N) is 2. The number of rotatable bonds is 0. The predicted octanol–water partition coefficient (Wildman–Crippen LogP) is -0.216. The molecule has 0 N–H and O–H groups in total. The number of hydrogen-bond donors (Lipinski definition) is 0. The van der Waals surface area contributed by atoms with Gasteiger partial charge in [0.1, 0.15) is 0 Å². The first-order valence-corrected chi connectivity index (χ1v) is 3.34. The molecule has 0 atom stereocenters. The Morgan fingerprint density at radius 3 is 2.10 bits per heavy atom. The van der Waals surface area contributed by atoms with E-state index in [-0.39, 0.29) is 0 Å². The minimum atomic E-state index is -1.05. The third-order valence-electron chi connectivity index (χ3n) is 1.76. The van der Waals surface area contributed by atoms with Crippen LogP contribution in [0.3, 0.4) is 0 Å². The van der Waals surface area contributed by atoms with E-state index in [4.69, 9.17) is 0 Å². The Bertz CT molecular complexity index is 130. The Hall–Kier alpha value is -0.770. The van der Waals surface area contributed by atoms with Crippen LogP contribution in [0.5, 0.6) is 0 Å². The van der Waals surface area contributed by atoms with Crippen LogP contribution in [0, 0.1) is 0 Å². The molecule has 4 heteroatoms. The maximum absolute atomic E-state index is 10.3.